The zero-order valence-electron chi connectivity index (χ0n) is 18.1. The number of amides is 1. The molecule has 0 aliphatic carbocycles. The summed E-state index contributed by atoms with van der Waals surface area (Å²) in [6.45, 7) is 0.451. The number of ether oxygens (including phenoxy) is 2. The molecule has 3 aromatic rings. The highest BCUT2D eigenvalue weighted by molar-refractivity contribution is 5.94. The summed E-state index contributed by atoms with van der Waals surface area (Å²) in [6.07, 6.45) is -3.58. The van der Waals surface area contributed by atoms with Gasteiger partial charge in [0.25, 0.3) is 0 Å². The lowest BCUT2D eigenvalue weighted by Crippen LogP contribution is -2.42. The number of hydrogen-bond donors (Lipinski definition) is 1. The molecular weight excluding hydrogens is 437 g/mol. The fraction of sp³-hybridized carbons (Fsp3) is 0.348. The molecule has 2 heterocycles. The van der Waals surface area contributed by atoms with Gasteiger partial charge < -0.3 is 19.7 Å². The zero-order chi connectivity index (χ0) is 23.6. The van der Waals surface area contributed by atoms with E-state index in [2.05, 4.69) is 15.3 Å². The molecule has 4 rings (SSSR count). The summed E-state index contributed by atoms with van der Waals surface area (Å²) in [6, 6.07) is 11.4. The second-order valence-electron chi connectivity index (χ2n) is 7.72. The van der Waals surface area contributed by atoms with Crippen LogP contribution in [0.15, 0.2) is 42.5 Å². The molecule has 1 fully saturated rings. The molecule has 1 aromatic heterocycles. The van der Waals surface area contributed by atoms with Crippen LogP contribution in [0, 0.1) is 5.92 Å². The lowest BCUT2D eigenvalue weighted by Gasteiger charge is -2.34. The van der Waals surface area contributed by atoms with Crippen LogP contribution in [0.4, 0.5) is 24.7 Å². The first-order valence-electron chi connectivity index (χ1n) is 10.4. The molecule has 10 heteroatoms. The van der Waals surface area contributed by atoms with Crippen LogP contribution in [0.3, 0.4) is 0 Å². The normalized spacial score (nSPS) is 16.5. The van der Waals surface area contributed by atoms with Crippen molar-refractivity contribution < 1.29 is 27.4 Å². The van der Waals surface area contributed by atoms with Gasteiger partial charge >= 0.3 is 6.18 Å². The minimum Gasteiger partial charge on any atom is -0.497 e. The van der Waals surface area contributed by atoms with Crippen LogP contribution in [0.5, 0.6) is 11.5 Å². The average Bonchev–Trinajstić information content (AvgIpc) is 2.83. The van der Waals surface area contributed by atoms with E-state index >= 15 is 0 Å². The molecule has 7 nitrogen and oxygen atoms in total. The Morgan fingerprint density at radius 2 is 1.82 bits per heavy atom. The predicted octanol–water partition coefficient (Wildman–Crippen LogP) is 4.52. The van der Waals surface area contributed by atoms with E-state index in [0.717, 1.165) is 0 Å². The van der Waals surface area contributed by atoms with Crippen molar-refractivity contribution in [1.82, 2.24) is 9.97 Å². The lowest BCUT2D eigenvalue weighted by molar-refractivity contribution is -0.140. The summed E-state index contributed by atoms with van der Waals surface area (Å²) in [5, 5.41) is 2.82. The van der Waals surface area contributed by atoms with Crippen molar-refractivity contribution in [2.24, 2.45) is 5.92 Å². The number of methoxy groups -OCH3 is 2. The van der Waals surface area contributed by atoms with E-state index in [1.807, 2.05) is 0 Å². The van der Waals surface area contributed by atoms with Crippen molar-refractivity contribution >= 4 is 28.4 Å². The summed E-state index contributed by atoms with van der Waals surface area (Å²) in [7, 11) is 3.00. The highest BCUT2D eigenvalue weighted by atomic mass is 19.4. The van der Waals surface area contributed by atoms with Crippen molar-refractivity contribution in [2.45, 2.75) is 19.0 Å². The molecule has 1 atom stereocenters. The number of anilines is 2. The summed E-state index contributed by atoms with van der Waals surface area (Å²) in [4.78, 5) is 22.6. The third kappa shape index (κ3) is 4.79. The molecule has 0 radical (unpaired) electrons. The zero-order valence-corrected chi connectivity index (χ0v) is 18.1. The van der Waals surface area contributed by atoms with Crippen molar-refractivity contribution in [3.05, 3.63) is 48.2 Å². The second-order valence-corrected chi connectivity index (χ2v) is 7.72. The minimum absolute atomic E-state index is 0.0976. The molecule has 1 amide bonds. The SMILES string of the molecule is COc1ccc(NC(=O)[C@@H]2CCCN(c3nc4ccccc4nc3C(F)(F)F)C2)c(OC)c1. The van der Waals surface area contributed by atoms with Gasteiger partial charge in [0.1, 0.15) is 11.5 Å². The standard InChI is InChI=1S/C23H23F3N4O3/c1-32-15-9-10-18(19(12-15)33-2)29-22(31)14-6-5-11-30(13-14)21-20(23(24,25)26)27-16-7-3-4-8-17(16)28-21/h3-4,7-10,12,14H,5-6,11,13H2,1-2H3,(H,29,31)/t14-/m1/s1. The van der Waals surface area contributed by atoms with Gasteiger partial charge in [-0.2, -0.15) is 13.2 Å². The average molecular weight is 460 g/mol. The maximum Gasteiger partial charge on any atom is 0.437 e. The van der Waals surface area contributed by atoms with Crippen molar-refractivity contribution in [1.29, 1.82) is 0 Å². The molecule has 2 aromatic carbocycles. The number of nitrogens with one attached hydrogen (secondary N) is 1. The van der Waals surface area contributed by atoms with E-state index in [-0.39, 0.29) is 23.8 Å². The molecule has 0 spiro atoms. The number of alkyl halides is 3. The molecule has 1 saturated heterocycles. The first-order valence-corrected chi connectivity index (χ1v) is 10.4. The fourth-order valence-corrected chi connectivity index (χ4v) is 3.92. The van der Waals surface area contributed by atoms with Crippen LogP contribution in [0.2, 0.25) is 0 Å². The van der Waals surface area contributed by atoms with Crippen LogP contribution in [0.25, 0.3) is 11.0 Å². The molecule has 0 saturated carbocycles. The van der Waals surface area contributed by atoms with Gasteiger partial charge in [-0.3, -0.25) is 4.79 Å². The largest absolute Gasteiger partial charge is 0.497 e. The van der Waals surface area contributed by atoms with Crippen LogP contribution < -0.4 is 19.7 Å². The molecule has 1 aliphatic rings. The Morgan fingerprint density at radius 1 is 1.09 bits per heavy atom. The Bertz CT molecular complexity index is 1170. The van der Waals surface area contributed by atoms with Crippen molar-refractivity contribution in [3.63, 3.8) is 0 Å². The van der Waals surface area contributed by atoms with E-state index < -0.39 is 17.8 Å². The summed E-state index contributed by atoms with van der Waals surface area (Å²) in [5.74, 6) is -0.0792. The van der Waals surface area contributed by atoms with Crippen LogP contribution in [-0.2, 0) is 11.0 Å². The number of carbonyl (C=O) groups is 1. The van der Waals surface area contributed by atoms with Crippen molar-refractivity contribution in [3.8, 4) is 11.5 Å². The molecule has 1 aliphatic heterocycles. The number of fused-ring (bicyclic) bond motifs is 1. The van der Waals surface area contributed by atoms with Gasteiger partial charge in [0.05, 0.1) is 36.9 Å². The summed E-state index contributed by atoms with van der Waals surface area (Å²) < 4.78 is 51.8. The Morgan fingerprint density at radius 3 is 2.48 bits per heavy atom. The summed E-state index contributed by atoms with van der Waals surface area (Å²) >= 11 is 0. The smallest absolute Gasteiger partial charge is 0.437 e. The lowest BCUT2D eigenvalue weighted by atomic mass is 9.96. The molecule has 33 heavy (non-hydrogen) atoms. The minimum atomic E-state index is -4.67. The van der Waals surface area contributed by atoms with Crippen LogP contribution in [-0.4, -0.2) is 43.2 Å². The molecule has 0 bridgehead atoms. The van der Waals surface area contributed by atoms with Gasteiger partial charge in [-0.15, -0.1) is 0 Å². The predicted molar refractivity (Wildman–Crippen MR) is 118 cm³/mol. The number of aromatic nitrogens is 2. The number of carbonyl (C=O) groups excluding carboxylic acids is 1. The number of halogens is 3. The number of nitrogens with zero attached hydrogens (tertiary/aromatic N) is 3. The van der Waals surface area contributed by atoms with Crippen molar-refractivity contribution in [2.75, 3.05) is 37.5 Å². The highest BCUT2D eigenvalue weighted by Crippen LogP contribution is 2.37. The second kappa shape index (κ2) is 9.13. The number of hydrogen-bond acceptors (Lipinski definition) is 6. The van der Waals surface area contributed by atoms with Crippen LogP contribution >= 0.6 is 0 Å². The maximum absolute atomic E-state index is 13.8. The van der Waals surface area contributed by atoms with Gasteiger partial charge in [0.15, 0.2) is 11.5 Å². The first kappa shape index (κ1) is 22.6. The number of para-hydroxylation sites is 2. The maximum atomic E-state index is 13.8. The summed E-state index contributed by atoms with van der Waals surface area (Å²) in [5.41, 5.74) is -0.0393. The monoisotopic (exact) mass is 460 g/mol. The topological polar surface area (TPSA) is 76.6 Å². The van der Waals surface area contributed by atoms with Gasteiger partial charge in [0, 0.05) is 19.2 Å². The van der Waals surface area contributed by atoms with E-state index in [1.165, 1.54) is 25.2 Å². The third-order valence-corrected chi connectivity index (χ3v) is 5.58. The van der Waals surface area contributed by atoms with E-state index in [4.69, 9.17) is 9.47 Å². The first-order chi connectivity index (χ1) is 15.8. The molecule has 0 unspecified atom stereocenters. The Kier molecular flexibility index (Phi) is 6.26. The highest BCUT2D eigenvalue weighted by Gasteiger charge is 2.40. The van der Waals surface area contributed by atoms with Gasteiger partial charge in [-0.1, -0.05) is 12.1 Å². The molecule has 1 N–H and O–H groups in total. The Balaban J connectivity index is 1.59. The number of benzene rings is 2. The van der Waals surface area contributed by atoms with Crippen LogP contribution in [0.1, 0.15) is 18.5 Å². The number of piperidine rings is 1. The van der Waals surface area contributed by atoms with E-state index in [9.17, 15) is 18.0 Å². The third-order valence-electron chi connectivity index (χ3n) is 5.58. The van der Waals surface area contributed by atoms with Gasteiger partial charge in [-0.05, 0) is 37.1 Å². The molecular formula is C23H23F3N4O3. The quantitative estimate of drug-likeness (QED) is 0.603. The Labute approximate surface area is 188 Å². The van der Waals surface area contributed by atoms with E-state index in [0.29, 0.717) is 42.1 Å². The number of rotatable bonds is 5. The van der Waals surface area contributed by atoms with Gasteiger partial charge in [0.2, 0.25) is 5.91 Å². The fourth-order valence-electron chi connectivity index (χ4n) is 3.92. The van der Waals surface area contributed by atoms with Gasteiger partial charge in [-0.25, -0.2) is 9.97 Å². The molecule has 174 valence electrons. The Hall–Kier alpha value is -3.56. The van der Waals surface area contributed by atoms with E-state index in [1.54, 1.807) is 36.4 Å².